The Bertz CT molecular complexity index is 243. The van der Waals surface area contributed by atoms with Gasteiger partial charge in [-0.25, -0.2) is 0 Å². The molecule has 0 radical (unpaired) electrons. The Morgan fingerprint density at radius 1 is 0.857 bits per heavy atom. The summed E-state index contributed by atoms with van der Waals surface area (Å²) in [7, 11) is 2.22. The smallest absolute Gasteiger partial charge is 0 e. The van der Waals surface area contributed by atoms with Gasteiger partial charge >= 0.3 is 78.5 Å². The maximum absolute atomic E-state index is 5.32. The van der Waals surface area contributed by atoms with Gasteiger partial charge in [-0.15, -0.1) is 0 Å². The summed E-state index contributed by atoms with van der Waals surface area (Å²) in [5.41, 5.74) is 0. The van der Waals surface area contributed by atoms with Crippen LogP contribution in [0.15, 0.2) is 30.3 Å². The second kappa shape index (κ2) is 6.63. The van der Waals surface area contributed by atoms with E-state index in [0.717, 1.165) is 5.30 Å². The van der Waals surface area contributed by atoms with E-state index in [2.05, 4.69) is 0 Å². The molecule has 0 N–H and O–H groups in total. The molecule has 0 aromatic heterocycles. The first kappa shape index (κ1) is 14.2. The predicted octanol–water partition coefficient (Wildman–Crippen LogP) is 1.74. The molecule has 1 aromatic rings. The molecular formula is C9H15O3PPd. The molecule has 0 aliphatic carbocycles. The monoisotopic (exact) mass is 308 g/mol. The fourth-order valence-electron chi connectivity index (χ4n) is 1.25. The molecule has 84 valence electrons. The third-order valence-electron chi connectivity index (χ3n) is 1.93. The van der Waals surface area contributed by atoms with Crippen LogP contribution >= 0.6 is 7.94 Å². The van der Waals surface area contributed by atoms with Crippen molar-refractivity contribution in [1.82, 2.24) is 0 Å². The van der Waals surface area contributed by atoms with Gasteiger partial charge in [-0.2, -0.15) is 0 Å². The van der Waals surface area contributed by atoms with Crippen LogP contribution < -0.4 is 5.30 Å². The molecule has 0 heterocycles. The third kappa shape index (κ3) is 2.84. The van der Waals surface area contributed by atoms with Gasteiger partial charge in [-0.3, -0.25) is 0 Å². The molecule has 0 unspecified atom stereocenters. The van der Waals surface area contributed by atoms with Crippen molar-refractivity contribution in [2.75, 3.05) is 21.3 Å². The zero-order valence-electron chi connectivity index (χ0n) is 8.43. The van der Waals surface area contributed by atoms with Gasteiger partial charge in [-0.1, -0.05) is 0 Å². The average molecular weight is 309 g/mol. The second-order valence-electron chi connectivity index (χ2n) is 2.53. The SMILES string of the molecule is CO[PH](OC)(OC)c1ccccc1.[Pd]. The predicted molar refractivity (Wildman–Crippen MR) is 55.4 cm³/mol. The van der Waals surface area contributed by atoms with Crippen LogP contribution in [0.4, 0.5) is 0 Å². The minimum atomic E-state index is -2.59. The molecule has 0 amide bonds. The van der Waals surface area contributed by atoms with Crippen LogP contribution in [0.1, 0.15) is 0 Å². The summed E-state index contributed by atoms with van der Waals surface area (Å²) in [6, 6.07) is 9.72. The van der Waals surface area contributed by atoms with Crippen molar-refractivity contribution < 1.29 is 34.0 Å². The average Bonchev–Trinajstić information content (AvgIpc) is 2.23. The van der Waals surface area contributed by atoms with Crippen LogP contribution in [0.3, 0.4) is 0 Å². The van der Waals surface area contributed by atoms with Crippen LogP contribution in [0.2, 0.25) is 0 Å². The van der Waals surface area contributed by atoms with Crippen LogP contribution in [0.25, 0.3) is 0 Å². The van der Waals surface area contributed by atoms with Crippen molar-refractivity contribution >= 4 is 13.2 Å². The van der Waals surface area contributed by atoms with Crippen LogP contribution in [0, 0.1) is 0 Å². The van der Waals surface area contributed by atoms with E-state index in [1.54, 1.807) is 21.3 Å². The van der Waals surface area contributed by atoms with E-state index in [1.807, 2.05) is 30.3 Å². The molecule has 0 bridgehead atoms. The molecule has 0 aliphatic heterocycles. The molecule has 14 heavy (non-hydrogen) atoms. The molecule has 1 aromatic carbocycles. The van der Waals surface area contributed by atoms with Gasteiger partial charge in [0.05, 0.1) is 0 Å². The fraction of sp³-hybridized carbons (Fsp3) is 0.333. The number of benzene rings is 1. The topological polar surface area (TPSA) is 27.7 Å². The first-order valence-corrected chi connectivity index (χ1v) is 5.72. The van der Waals surface area contributed by atoms with Gasteiger partial charge in [-0.05, 0) is 0 Å². The first-order chi connectivity index (χ1) is 6.29. The first-order valence-electron chi connectivity index (χ1n) is 4.00. The van der Waals surface area contributed by atoms with Gasteiger partial charge in [0, 0.05) is 20.4 Å². The summed E-state index contributed by atoms with van der Waals surface area (Å²) < 4.78 is 16.0. The van der Waals surface area contributed by atoms with Crippen molar-refractivity contribution in [2.45, 2.75) is 0 Å². The standard InChI is InChI=1S/C9H15O3P.Pd/c1-10-13(11-2,12-3)9-7-5-4-6-8-9;/h4-8,13H,1-3H3;. The van der Waals surface area contributed by atoms with Crippen molar-refractivity contribution in [3.63, 3.8) is 0 Å². The summed E-state index contributed by atoms with van der Waals surface area (Å²) in [4.78, 5) is 0. The second-order valence-corrected chi connectivity index (χ2v) is 5.45. The quantitative estimate of drug-likeness (QED) is 0.626. The van der Waals surface area contributed by atoms with Gasteiger partial charge in [0.25, 0.3) is 0 Å². The minimum absolute atomic E-state index is 0. The molecule has 1 rings (SSSR count). The molecule has 0 spiro atoms. The zero-order valence-corrected chi connectivity index (χ0v) is 11.0. The molecule has 3 nitrogen and oxygen atoms in total. The van der Waals surface area contributed by atoms with E-state index >= 15 is 0 Å². The minimum Gasteiger partial charge on any atom is 0 e. The van der Waals surface area contributed by atoms with E-state index in [1.165, 1.54) is 0 Å². The third-order valence-corrected chi connectivity index (χ3v) is 4.59. The Kier molecular flexibility index (Phi) is 6.73. The molecule has 5 heteroatoms. The zero-order chi connectivity index (χ0) is 9.73. The van der Waals surface area contributed by atoms with Crippen LogP contribution in [-0.2, 0) is 34.0 Å². The summed E-state index contributed by atoms with van der Waals surface area (Å²) in [5, 5.41) is 0.975. The number of hydrogen-bond acceptors (Lipinski definition) is 3. The van der Waals surface area contributed by atoms with Crippen molar-refractivity contribution in [1.29, 1.82) is 0 Å². The van der Waals surface area contributed by atoms with Crippen molar-refractivity contribution in [3.05, 3.63) is 30.3 Å². The van der Waals surface area contributed by atoms with E-state index in [9.17, 15) is 0 Å². The largest absolute Gasteiger partial charge is 0 e. The van der Waals surface area contributed by atoms with E-state index < -0.39 is 7.94 Å². The molecular weight excluding hydrogens is 293 g/mol. The number of hydrogen-bond donors (Lipinski definition) is 0. The van der Waals surface area contributed by atoms with Crippen molar-refractivity contribution in [2.24, 2.45) is 0 Å². The molecule has 0 fully saturated rings. The fourth-order valence-corrected chi connectivity index (χ4v) is 3.05. The summed E-state index contributed by atoms with van der Waals surface area (Å²) in [6.07, 6.45) is 0. The van der Waals surface area contributed by atoms with E-state index in [-0.39, 0.29) is 20.4 Å². The summed E-state index contributed by atoms with van der Waals surface area (Å²) in [6.45, 7) is 0. The van der Waals surface area contributed by atoms with Gasteiger partial charge < -0.3 is 0 Å². The Labute approximate surface area is 99.0 Å². The number of rotatable bonds is 4. The Balaban J connectivity index is 0.00000169. The molecule has 0 aliphatic rings. The molecule has 0 saturated heterocycles. The Hall–Kier alpha value is 0.192. The Morgan fingerprint density at radius 3 is 1.64 bits per heavy atom. The van der Waals surface area contributed by atoms with Crippen LogP contribution in [-0.4, -0.2) is 21.3 Å². The van der Waals surface area contributed by atoms with Gasteiger partial charge in [0.15, 0.2) is 0 Å². The van der Waals surface area contributed by atoms with Gasteiger partial charge in [0.1, 0.15) is 0 Å². The molecule has 0 atom stereocenters. The van der Waals surface area contributed by atoms with Crippen molar-refractivity contribution in [3.8, 4) is 0 Å². The van der Waals surface area contributed by atoms with E-state index in [0.29, 0.717) is 0 Å². The molecule has 0 saturated carbocycles. The summed E-state index contributed by atoms with van der Waals surface area (Å²) in [5.74, 6) is 0. The maximum Gasteiger partial charge on any atom is 0 e. The Morgan fingerprint density at radius 2 is 1.29 bits per heavy atom. The van der Waals surface area contributed by atoms with Crippen LogP contribution in [0.5, 0.6) is 0 Å². The maximum atomic E-state index is 5.32. The summed E-state index contributed by atoms with van der Waals surface area (Å²) >= 11 is 0. The normalized spacial score (nSPS) is 11.9. The van der Waals surface area contributed by atoms with E-state index in [4.69, 9.17) is 13.6 Å². The van der Waals surface area contributed by atoms with Gasteiger partial charge in [0.2, 0.25) is 0 Å².